The zero-order valence-corrected chi connectivity index (χ0v) is 13.2. The fraction of sp³-hybridized carbons (Fsp3) is 0.571. The Kier molecular flexibility index (Phi) is 9.24. The fourth-order valence-electron chi connectivity index (χ4n) is 1.42. The van der Waals surface area contributed by atoms with Gasteiger partial charge in [0.1, 0.15) is 13.2 Å². The first-order valence-electron chi connectivity index (χ1n) is 6.76. The van der Waals surface area contributed by atoms with Crippen LogP contribution in [0.1, 0.15) is 27.7 Å². The summed E-state index contributed by atoms with van der Waals surface area (Å²) in [5.74, 6) is -1.89. The molecule has 0 bridgehead atoms. The third-order valence-corrected chi connectivity index (χ3v) is 2.21. The molecule has 0 radical (unpaired) electrons. The van der Waals surface area contributed by atoms with E-state index >= 15 is 0 Å². The van der Waals surface area contributed by atoms with Gasteiger partial charge in [0.05, 0.1) is 12.1 Å². The maximum Gasteiger partial charge on any atom is 0.331 e. The fourth-order valence-corrected chi connectivity index (χ4v) is 1.42. The molecule has 0 spiro atoms. The molecule has 0 aromatic carbocycles. The predicted molar refractivity (Wildman–Crippen MR) is 77.6 cm³/mol. The number of carbonyl (C=O) groups excluding carboxylic acids is 4. The minimum atomic E-state index is -0.718. The molecule has 2 amide bonds. The van der Waals surface area contributed by atoms with Crippen LogP contribution in [0.4, 0.5) is 0 Å². The third-order valence-electron chi connectivity index (χ3n) is 2.21. The molecular formula is C14H22N2O6. The highest BCUT2D eigenvalue weighted by Gasteiger charge is 2.08. The highest BCUT2D eigenvalue weighted by atomic mass is 16.5. The van der Waals surface area contributed by atoms with E-state index < -0.39 is 11.9 Å². The summed E-state index contributed by atoms with van der Waals surface area (Å²) in [6, 6.07) is -0.638. The molecule has 0 aliphatic rings. The lowest BCUT2D eigenvalue weighted by Gasteiger charge is -2.12. The summed E-state index contributed by atoms with van der Waals surface area (Å²) in [7, 11) is 0. The van der Waals surface area contributed by atoms with Gasteiger partial charge in [-0.15, -0.1) is 0 Å². The first-order valence-corrected chi connectivity index (χ1v) is 6.76. The summed E-state index contributed by atoms with van der Waals surface area (Å²) in [5.41, 5.74) is 0. The van der Waals surface area contributed by atoms with E-state index in [1.807, 2.05) is 0 Å². The van der Waals surface area contributed by atoms with Crippen LogP contribution >= 0.6 is 0 Å². The quantitative estimate of drug-likeness (QED) is 0.469. The molecule has 2 atom stereocenters. The van der Waals surface area contributed by atoms with Crippen molar-refractivity contribution in [2.75, 3.05) is 13.2 Å². The molecule has 0 rings (SSSR count). The summed E-state index contributed by atoms with van der Waals surface area (Å²) in [6.45, 7) is 6.06. The number of ether oxygens (including phenoxy) is 2. The number of hydrogen-bond donors (Lipinski definition) is 2. The lowest BCUT2D eigenvalue weighted by Crippen LogP contribution is -2.35. The molecule has 2 N–H and O–H groups in total. The van der Waals surface area contributed by atoms with Crippen LogP contribution in [0.25, 0.3) is 0 Å². The summed E-state index contributed by atoms with van der Waals surface area (Å²) >= 11 is 0. The summed E-state index contributed by atoms with van der Waals surface area (Å²) in [6.07, 6.45) is 1.87. The van der Waals surface area contributed by atoms with Crippen molar-refractivity contribution >= 4 is 23.8 Å². The van der Waals surface area contributed by atoms with E-state index in [-0.39, 0.29) is 37.1 Å². The van der Waals surface area contributed by atoms with Crippen LogP contribution in [-0.4, -0.2) is 49.1 Å². The smallest absolute Gasteiger partial charge is 0.331 e. The highest BCUT2D eigenvalue weighted by molar-refractivity contribution is 5.91. The van der Waals surface area contributed by atoms with Crippen LogP contribution < -0.4 is 10.6 Å². The van der Waals surface area contributed by atoms with E-state index in [4.69, 9.17) is 9.47 Å². The molecule has 0 aliphatic carbocycles. The number of esters is 2. The van der Waals surface area contributed by atoms with Crippen molar-refractivity contribution in [3.05, 3.63) is 12.2 Å². The van der Waals surface area contributed by atoms with Gasteiger partial charge in [-0.05, 0) is 13.8 Å². The second kappa shape index (κ2) is 10.4. The number of carbonyl (C=O) groups is 4. The maximum absolute atomic E-state index is 11.3. The van der Waals surface area contributed by atoms with Crippen LogP contribution in [-0.2, 0) is 28.7 Å². The monoisotopic (exact) mass is 314 g/mol. The number of amides is 2. The van der Waals surface area contributed by atoms with Gasteiger partial charge in [-0.1, -0.05) is 0 Å². The number of nitrogens with one attached hydrogen (secondary N) is 2. The van der Waals surface area contributed by atoms with E-state index in [9.17, 15) is 19.2 Å². The Hall–Kier alpha value is -2.38. The van der Waals surface area contributed by atoms with E-state index in [0.717, 1.165) is 12.2 Å². The number of rotatable bonds is 8. The Labute approximate surface area is 129 Å². The van der Waals surface area contributed by atoms with Gasteiger partial charge in [0.2, 0.25) is 11.8 Å². The molecule has 0 aliphatic heterocycles. The van der Waals surface area contributed by atoms with Gasteiger partial charge in [-0.3, -0.25) is 9.59 Å². The average molecular weight is 314 g/mol. The van der Waals surface area contributed by atoms with Gasteiger partial charge < -0.3 is 20.1 Å². The van der Waals surface area contributed by atoms with Crippen LogP contribution in [0, 0.1) is 0 Å². The molecule has 0 saturated heterocycles. The predicted octanol–water partition coefficient (Wildman–Crippen LogP) is -0.322. The van der Waals surface area contributed by atoms with E-state index in [0.29, 0.717) is 0 Å². The SMILES string of the molecule is CC(=O)N[C@H](C)COC(=O)/C=C/C(=O)OC[C@@H](C)NC(C)=O. The molecule has 124 valence electrons. The lowest BCUT2D eigenvalue weighted by molar-refractivity contribution is -0.141. The molecule has 8 nitrogen and oxygen atoms in total. The zero-order valence-electron chi connectivity index (χ0n) is 13.2. The Morgan fingerprint density at radius 1 is 0.818 bits per heavy atom. The van der Waals surface area contributed by atoms with Crippen LogP contribution in [0.3, 0.4) is 0 Å². The van der Waals surface area contributed by atoms with Gasteiger partial charge in [0, 0.05) is 26.0 Å². The van der Waals surface area contributed by atoms with E-state index in [2.05, 4.69) is 10.6 Å². The van der Waals surface area contributed by atoms with Crippen molar-refractivity contribution in [3.8, 4) is 0 Å². The molecule has 0 saturated carbocycles. The molecule has 0 unspecified atom stereocenters. The standard InChI is InChI=1S/C14H22N2O6/c1-9(15-11(3)17)7-21-13(19)5-6-14(20)22-8-10(2)16-12(4)18/h5-6,9-10H,7-8H2,1-4H3,(H,15,17)(H,16,18)/b6-5+/t9-,10-/m1/s1. The maximum atomic E-state index is 11.3. The normalized spacial score (nSPS) is 13.1. The molecular weight excluding hydrogens is 292 g/mol. The van der Waals surface area contributed by atoms with Crippen molar-refractivity contribution in [3.63, 3.8) is 0 Å². The van der Waals surface area contributed by atoms with Gasteiger partial charge in [-0.2, -0.15) is 0 Å². The molecule has 0 heterocycles. The Morgan fingerprint density at radius 3 is 1.41 bits per heavy atom. The second-order valence-electron chi connectivity index (χ2n) is 4.80. The molecule has 8 heteroatoms. The van der Waals surface area contributed by atoms with Crippen molar-refractivity contribution in [1.82, 2.24) is 10.6 Å². The highest BCUT2D eigenvalue weighted by Crippen LogP contribution is 1.91. The second-order valence-corrected chi connectivity index (χ2v) is 4.80. The summed E-state index contributed by atoms with van der Waals surface area (Å²) < 4.78 is 9.66. The van der Waals surface area contributed by atoms with E-state index in [1.54, 1.807) is 13.8 Å². The minimum Gasteiger partial charge on any atom is -0.460 e. The Balaban J connectivity index is 3.98. The van der Waals surface area contributed by atoms with E-state index in [1.165, 1.54) is 13.8 Å². The van der Waals surface area contributed by atoms with Gasteiger partial charge in [0.15, 0.2) is 0 Å². The molecule has 0 fully saturated rings. The third kappa shape index (κ3) is 11.4. The molecule has 22 heavy (non-hydrogen) atoms. The van der Waals surface area contributed by atoms with Crippen LogP contribution in [0.2, 0.25) is 0 Å². The van der Waals surface area contributed by atoms with Crippen LogP contribution in [0.5, 0.6) is 0 Å². The average Bonchev–Trinajstić information content (AvgIpc) is 2.39. The first kappa shape index (κ1) is 19.6. The Morgan fingerprint density at radius 2 is 1.14 bits per heavy atom. The summed E-state index contributed by atoms with van der Waals surface area (Å²) in [5, 5.41) is 5.09. The Bertz CT molecular complexity index is 407. The van der Waals surface area contributed by atoms with Gasteiger partial charge in [-0.25, -0.2) is 9.59 Å². The lowest BCUT2D eigenvalue weighted by atomic mass is 10.3. The van der Waals surface area contributed by atoms with Crippen LogP contribution in [0.15, 0.2) is 12.2 Å². The molecule has 0 aromatic rings. The van der Waals surface area contributed by atoms with Crippen molar-refractivity contribution in [2.24, 2.45) is 0 Å². The van der Waals surface area contributed by atoms with Gasteiger partial charge in [0.25, 0.3) is 0 Å². The first-order chi connectivity index (χ1) is 10.2. The van der Waals surface area contributed by atoms with Crippen molar-refractivity contribution < 1.29 is 28.7 Å². The van der Waals surface area contributed by atoms with Gasteiger partial charge >= 0.3 is 11.9 Å². The van der Waals surface area contributed by atoms with Crippen molar-refractivity contribution in [1.29, 1.82) is 0 Å². The summed E-state index contributed by atoms with van der Waals surface area (Å²) in [4.78, 5) is 44.2. The molecule has 0 aromatic heterocycles. The minimum absolute atomic E-state index is 0.00261. The largest absolute Gasteiger partial charge is 0.460 e. The van der Waals surface area contributed by atoms with Crippen molar-refractivity contribution in [2.45, 2.75) is 39.8 Å². The zero-order chi connectivity index (χ0) is 17.1. The number of hydrogen-bond acceptors (Lipinski definition) is 6. The topological polar surface area (TPSA) is 111 Å².